The van der Waals surface area contributed by atoms with Crippen molar-refractivity contribution in [2.24, 2.45) is 5.92 Å². The van der Waals surface area contributed by atoms with Crippen molar-refractivity contribution in [3.63, 3.8) is 0 Å². The largest absolute Gasteiger partial charge is 0.352 e. The summed E-state index contributed by atoms with van der Waals surface area (Å²) < 4.78 is 11.0. The molecule has 0 spiro atoms. The number of hydrogen-bond acceptors (Lipinski definition) is 2. The van der Waals surface area contributed by atoms with Crippen molar-refractivity contribution >= 4 is 0 Å². The minimum Gasteiger partial charge on any atom is -0.352 e. The molecule has 2 fully saturated rings. The second kappa shape index (κ2) is 4.94. The van der Waals surface area contributed by atoms with Gasteiger partial charge in [0.25, 0.3) is 0 Å². The van der Waals surface area contributed by atoms with Crippen LogP contribution in [0.1, 0.15) is 39.0 Å². The first-order valence-corrected chi connectivity index (χ1v) is 5.84. The Balaban J connectivity index is 1.79. The summed E-state index contributed by atoms with van der Waals surface area (Å²) in [6.07, 6.45) is 8.81. The molecule has 2 rings (SSSR count). The van der Waals surface area contributed by atoms with E-state index in [0.29, 0.717) is 5.92 Å². The zero-order chi connectivity index (χ0) is 9.80. The Morgan fingerprint density at radius 3 is 3.14 bits per heavy atom. The summed E-state index contributed by atoms with van der Waals surface area (Å²) in [5.74, 6) is 0.580. The van der Waals surface area contributed by atoms with E-state index in [1.165, 1.54) is 31.3 Å². The van der Waals surface area contributed by atoms with Crippen molar-refractivity contribution < 1.29 is 9.47 Å². The molecule has 0 aromatic heterocycles. The molecule has 80 valence electrons. The van der Waals surface area contributed by atoms with Crippen LogP contribution in [-0.4, -0.2) is 19.5 Å². The Morgan fingerprint density at radius 2 is 2.29 bits per heavy atom. The number of unbranched alkanes of at least 4 members (excludes halogenated alkanes) is 3. The summed E-state index contributed by atoms with van der Waals surface area (Å²) >= 11 is 0. The SMILES string of the molecule is CCCCC/C=C1/COC2OCCC12. The molecule has 2 heterocycles. The van der Waals surface area contributed by atoms with Crippen molar-refractivity contribution in [3.8, 4) is 0 Å². The average molecular weight is 196 g/mol. The monoisotopic (exact) mass is 196 g/mol. The first kappa shape index (κ1) is 10.2. The van der Waals surface area contributed by atoms with Gasteiger partial charge in [-0.2, -0.15) is 0 Å². The topological polar surface area (TPSA) is 18.5 Å². The highest BCUT2D eigenvalue weighted by molar-refractivity contribution is 5.13. The molecule has 0 N–H and O–H groups in total. The van der Waals surface area contributed by atoms with E-state index in [-0.39, 0.29) is 6.29 Å². The summed E-state index contributed by atoms with van der Waals surface area (Å²) in [6, 6.07) is 0. The van der Waals surface area contributed by atoms with Gasteiger partial charge in [-0.15, -0.1) is 0 Å². The lowest BCUT2D eigenvalue weighted by molar-refractivity contribution is -0.0904. The van der Waals surface area contributed by atoms with Gasteiger partial charge in [0.05, 0.1) is 13.2 Å². The molecule has 0 amide bonds. The van der Waals surface area contributed by atoms with E-state index in [1.54, 1.807) is 0 Å². The molecule has 0 saturated carbocycles. The van der Waals surface area contributed by atoms with Gasteiger partial charge < -0.3 is 9.47 Å². The molecule has 2 aliphatic heterocycles. The van der Waals surface area contributed by atoms with Gasteiger partial charge in [-0.1, -0.05) is 25.8 Å². The van der Waals surface area contributed by atoms with E-state index in [1.807, 2.05) is 0 Å². The second-order valence-electron chi connectivity index (χ2n) is 4.22. The van der Waals surface area contributed by atoms with Crippen LogP contribution < -0.4 is 0 Å². The zero-order valence-corrected chi connectivity index (χ0v) is 9.00. The van der Waals surface area contributed by atoms with Crippen LogP contribution in [-0.2, 0) is 9.47 Å². The first-order valence-electron chi connectivity index (χ1n) is 5.84. The first-order chi connectivity index (χ1) is 6.92. The third-order valence-electron chi connectivity index (χ3n) is 3.14. The van der Waals surface area contributed by atoms with Crippen LogP contribution in [0.3, 0.4) is 0 Å². The molecule has 0 aromatic carbocycles. The number of rotatable bonds is 4. The second-order valence-corrected chi connectivity index (χ2v) is 4.22. The highest BCUT2D eigenvalue weighted by Gasteiger charge is 2.37. The molecule has 0 bridgehead atoms. The van der Waals surface area contributed by atoms with Crippen LogP contribution in [0.15, 0.2) is 11.6 Å². The lowest BCUT2D eigenvalue weighted by Gasteiger charge is -2.05. The van der Waals surface area contributed by atoms with Gasteiger partial charge in [0, 0.05) is 5.92 Å². The van der Waals surface area contributed by atoms with Gasteiger partial charge in [-0.25, -0.2) is 0 Å². The molecule has 0 aliphatic carbocycles. The standard InChI is InChI=1S/C12H20O2/c1-2-3-4-5-6-10-9-14-12-11(10)7-8-13-12/h6,11-12H,2-5,7-9H2,1H3/b10-6-. The summed E-state index contributed by atoms with van der Waals surface area (Å²) in [6.45, 7) is 3.93. The highest BCUT2D eigenvalue weighted by atomic mass is 16.7. The Hall–Kier alpha value is -0.340. The molecule has 2 unspecified atom stereocenters. The third-order valence-corrected chi connectivity index (χ3v) is 3.14. The minimum absolute atomic E-state index is 0.0902. The molecular formula is C12H20O2. The van der Waals surface area contributed by atoms with Gasteiger partial charge in [0.2, 0.25) is 0 Å². The van der Waals surface area contributed by atoms with E-state index < -0.39 is 0 Å². The summed E-state index contributed by atoms with van der Waals surface area (Å²) in [4.78, 5) is 0. The molecular weight excluding hydrogens is 176 g/mol. The summed E-state index contributed by atoms with van der Waals surface area (Å²) in [5.41, 5.74) is 1.49. The van der Waals surface area contributed by atoms with Crippen molar-refractivity contribution in [2.45, 2.75) is 45.3 Å². The van der Waals surface area contributed by atoms with Crippen LogP contribution in [0.5, 0.6) is 0 Å². The third kappa shape index (κ3) is 2.18. The lowest BCUT2D eigenvalue weighted by atomic mass is 9.98. The van der Waals surface area contributed by atoms with Crippen LogP contribution in [0.25, 0.3) is 0 Å². The fourth-order valence-corrected chi connectivity index (χ4v) is 2.27. The predicted molar refractivity (Wildman–Crippen MR) is 56.0 cm³/mol. The van der Waals surface area contributed by atoms with Crippen LogP contribution >= 0.6 is 0 Å². The van der Waals surface area contributed by atoms with Gasteiger partial charge in [-0.3, -0.25) is 0 Å². The molecule has 2 nitrogen and oxygen atoms in total. The number of hydrogen-bond donors (Lipinski definition) is 0. The quantitative estimate of drug-likeness (QED) is 0.508. The van der Waals surface area contributed by atoms with Crippen LogP contribution in [0.4, 0.5) is 0 Å². The van der Waals surface area contributed by atoms with E-state index in [2.05, 4.69) is 13.0 Å². The molecule has 2 aliphatic rings. The van der Waals surface area contributed by atoms with E-state index in [4.69, 9.17) is 9.47 Å². The van der Waals surface area contributed by atoms with Crippen LogP contribution in [0.2, 0.25) is 0 Å². The minimum atomic E-state index is 0.0902. The Kier molecular flexibility index (Phi) is 3.60. The van der Waals surface area contributed by atoms with E-state index in [9.17, 15) is 0 Å². The molecule has 0 radical (unpaired) electrons. The number of fused-ring (bicyclic) bond motifs is 1. The van der Waals surface area contributed by atoms with E-state index in [0.717, 1.165) is 19.6 Å². The van der Waals surface area contributed by atoms with Gasteiger partial charge in [-0.05, 0) is 24.8 Å². The fourth-order valence-electron chi connectivity index (χ4n) is 2.27. The van der Waals surface area contributed by atoms with Crippen molar-refractivity contribution in [1.29, 1.82) is 0 Å². The fraction of sp³-hybridized carbons (Fsp3) is 0.833. The maximum absolute atomic E-state index is 5.56. The van der Waals surface area contributed by atoms with Gasteiger partial charge >= 0.3 is 0 Å². The van der Waals surface area contributed by atoms with Crippen molar-refractivity contribution in [1.82, 2.24) is 0 Å². The lowest BCUT2D eigenvalue weighted by Crippen LogP contribution is -2.09. The molecule has 14 heavy (non-hydrogen) atoms. The number of allylic oxidation sites excluding steroid dienone is 1. The zero-order valence-electron chi connectivity index (χ0n) is 9.00. The van der Waals surface area contributed by atoms with Gasteiger partial charge in [0.15, 0.2) is 6.29 Å². The normalized spacial score (nSPS) is 33.9. The Bertz CT molecular complexity index is 210. The van der Waals surface area contributed by atoms with E-state index >= 15 is 0 Å². The van der Waals surface area contributed by atoms with Gasteiger partial charge in [0.1, 0.15) is 0 Å². The average Bonchev–Trinajstić information content (AvgIpc) is 2.75. The molecule has 2 saturated heterocycles. The summed E-state index contributed by atoms with van der Waals surface area (Å²) in [5, 5.41) is 0. The Morgan fingerprint density at radius 1 is 1.36 bits per heavy atom. The Labute approximate surface area is 86.3 Å². The maximum atomic E-state index is 5.56. The highest BCUT2D eigenvalue weighted by Crippen LogP contribution is 2.35. The molecule has 2 heteroatoms. The number of ether oxygens (including phenoxy) is 2. The smallest absolute Gasteiger partial charge is 0.164 e. The van der Waals surface area contributed by atoms with Crippen molar-refractivity contribution in [2.75, 3.05) is 13.2 Å². The predicted octanol–water partition coefficient (Wildman–Crippen LogP) is 2.89. The van der Waals surface area contributed by atoms with Crippen molar-refractivity contribution in [3.05, 3.63) is 11.6 Å². The summed E-state index contributed by atoms with van der Waals surface area (Å²) in [7, 11) is 0. The molecule has 0 aromatic rings. The molecule has 2 atom stereocenters. The van der Waals surface area contributed by atoms with Crippen LogP contribution in [0, 0.1) is 5.92 Å². The maximum Gasteiger partial charge on any atom is 0.164 e.